The van der Waals surface area contributed by atoms with Crippen LogP contribution in [-0.4, -0.2) is 79.7 Å². The molecule has 0 spiro atoms. The molecule has 1 amide bonds. The van der Waals surface area contributed by atoms with Gasteiger partial charge in [0.2, 0.25) is 0 Å². The van der Waals surface area contributed by atoms with Crippen LogP contribution < -0.4 is 0 Å². The van der Waals surface area contributed by atoms with E-state index in [1.165, 1.54) is 69.2 Å². The Morgan fingerprint density at radius 1 is 0.574 bits per heavy atom. The van der Waals surface area contributed by atoms with Crippen LogP contribution in [-0.2, 0) is 19.1 Å². The number of rotatable bonds is 32. The maximum atomic E-state index is 12.9. The van der Waals surface area contributed by atoms with Gasteiger partial charge in [0.1, 0.15) is 13.2 Å². The predicted octanol–water partition coefficient (Wildman–Crippen LogP) is 10.3. The van der Waals surface area contributed by atoms with E-state index in [0.29, 0.717) is 19.6 Å². The van der Waals surface area contributed by atoms with Crippen LogP contribution in [0.4, 0.5) is 4.79 Å². The molecule has 0 aliphatic carbocycles. The zero-order valence-electron chi connectivity index (χ0n) is 30.7. The molecule has 0 aromatic heterocycles. The molecule has 0 bridgehead atoms. The number of allylic oxidation sites excluding steroid dienone is 3. The van der Waals surface area contributed by atoms with E-state index >= 15 is 0 Å². The van der Waals surface area contributed by atoms with Crippen LogP contribution in [0.3, 0.4) is 0 Å². The highest BCUT2D eigenvalue weighted by molar-refractivity contribution is 8.13. The first kappa shape index (κ1) is 44.9. The van der Waals surface area contributed by atoms with E-state index in [1.807, 2.05) is 37.2 Å². The summed E-state index contributed by atoms with van der Waals surface area (Å²) >= 11 is 1.41. The van der Waals surface area contributed by atoms with E-state index in [4.69, 9.17) is 9.47 Å². The lowest BCUT2D eigenvalue weighted by atomic mass is 10.1. The second-order valence-electron chi connectivity index (χ2n) is 12.6. The Morgan fingerprint density at radius 3 is 1.68 bits per heavy atom. The summed E-state index contributed by atoms with van der Waals surface area (Å²) in [6.07, 6.45) is 32.8. The average Bonchev–Trinajstić information content (AvgIpc) is 3.05. The van der Waals surface area contributed by atoms with Crippen molar-refractivity contribution in [3.05, 3.63) is 36.5 Å². The molecule has 8 heteroatoms. The van der Waals surface area contributed by atoms with E-state index < -0.39 is 0 Å². The molecular weight excluding hydrogens is 609 g/mol. The Hall–Kier alpha value is -2.06. The number of thioether (sulfide) groups is 1. The van der Waals surface area contributed by atoms with Gasteiger partial charge in [-0.15, -0.1) is 0 Å². The summed E-state index contributed by atoms with van der Waals surface area (Å²) in [6, 6.07) is 0. The van der Waals surface area contributed by atoms with Crippen LogP contribution in [0.5, 0.6) is 0 Å². The fourth-order valence-corrected chi connectivity index (χ4v) is 5.86. The number of ether oxygens (including phenoxy) is 2. The molecule has 0 aromatic rings. The molecule has 0 N–H and O–H groups in total. The minimum absolute atomic E-state index is 0.112. The Balaban J connectivity index is 4.14. The second kappa shape index (κ2) is 35.3. The van der Waals surface area contributed by atoms with Gasteiger partial charge in [-0.05, 0) is 71.9 Å². The highest BCUT2D eigenvalue weighted by atomic mass is 32.2. The normalized spacial score (nSPS) is 11.8. The summed E-state index contributed by atoms with van der Waals surface area (Å²) in [7, 11) is 4.05. The van der Waals surface area contributed by atoms with Crippen molar-refractivity contribution >= 4 is 28.9 Å². The monoisotopic (exact) mass is 679 g/mol. The molecule has 7 nitrogen and oxygen atoms in total. The van der Waals surface area contributed by atoms with Gasteiger partial charge in [0.15, 0.2) is 0 Å². The van der Waals surface area contributed by atoms with Crippen molar-refractivity contribution in [1.29, 1.82) is 0 Å². The molecule has 0 aromatic carbocycles. The number of esters is 2. The molecule has 0 radical (unpaired) electrons. The summed E-state index contributed by atoms with van der Waals surface area (Å²) in [5.74, 6) is 0.394. The Morgan fingerprint density at radius 2 is 1.09 bits per heavy atom. The van der Waals surface area contributed by atoms with Gasteiger partial charge < -0.3 is 19.3 Å². The van der Waals surface area contributed by atoms with E-state index in [-0.39, 0.29) is 17.2 Å². The molecule has 47 heavy (non-hydrogen) atoms. The SMILES string of the molecule is CCCCCC/C=C\COC(=O)/C=C/CCCCCN(CCCCCCCC(=O)OC/C=C\CCCCCC)C(=O)SCCN(C)C. The maximum absolute atomic E-state index is 12.9. The van der Waals surface area contributed by atoms with Gasteiger partial charge in [-0.3, -0.25) is 9.59 Å². The first-order valence-electron chi connectivity index (χ1n) is 18.8. The highest BCUT2D eigenvalue weighted by Crippen LogP contribution is 2.14. The minimum Gasteiger partial charge on any atom is -0.461 e. The lowest BCUT2D eigenvalue weighted by Gasteiger charge is -2.22. The molecule has 0 fully saturated rings. The highest BCUT2D eigenvalue weighted by Gasteiger charge is 2.13. The molecule has 272 valence electrons. The zero-order chi connectivity index (χ0) is 34.6. The number of hydrogen-bond acceptors (Lipinski definition) is 7. The fraction of sp³-hybridized carbons (Fsp3) is 0.769. The Kier molecular flexibility index (Phi) is 33.7. The van der Waals surface area contributed by atoms with Crippen LogP contribution >= 0.6 is 11.8 Å². The van der Waals surface area contributed by atoms with Crippen molar-refractivity contribution in [1.82, 2.24) is 9.80 Å². The molecule has 0 aliphatic rings. The number of carbonyl (C=O) groups is 3. The topological polar surface area (TPSA) is 76.1 Å². The lowest BCUT2D eigenvalue weighted by molar-refractivity contribution is -0.142. The van der Waals surface area contributed by atoms with Crippen LogP contribution in [0.25, 0.3) is 0 Å². The van der Waals surface area contributed by atoms with Crippen molar-refractivity contribution in [2.75, 3.05) is 52.7 Å². The zero-order valence-corrected chi connectivity index (χ0v) is 31.5. The summed E-state index contributed by atoms with van der Waals surface area (Å²) in [6.45, 7) is 7.56. The number of carbonyl (C=O) groups excluding carboxylic acids is 3. The summed E-state index contributed by atoms with van der Waals surface area (Å²) in [5.41, 5.74) is 0. The standard InChI is InChI=1S/C39H70N2O5S/c1-5-7-9-11-13-21-27-34-45-37(42)29-23-17-15-19-25-31-41(39(44)47-36-33-40(3)4)32-26-20-16-18-24-30-38(43)46-35-28-22-14-12-10-8-6-2/h21-23,27-29H,5-20,24-26,30-36H2,1-4H3/b27-21-,28-22-,29-23+. The molecular formula is C39H70N2O5S. The third kappa shape index (κ3) is 33.6. The van der Waals surface area contributed by atoms with Crippen molar-refractivity contribution < 1.29 is 23.9 Å². The third-order valence-corrected chi connectivity index (χ3v) is 8.72. The van der Waals surface area contributed by atoms with Gasteiger partial charge >= 0.3 is 11.9 Å². The van der Waals surface area contributed by atoms with Crippen LogP contribution in [0, 0.1) is 0 Å². The first-order valence-corrected chi connectivity index (χ1v) is 19.7. The minimum atomic E-state index is -0.289. The lowest BCUT2D eigenvalue weighted by Crippen LogP contribution is -2.30. The van der Waals surface area contributed by atoms with Gasteiger partial charge in [-0.1, -0.05) is 120 Å². The van der Waals surface area contributed by atoms with Gasteiger partial charge in [0, 0.05) is 37.9 Å². The average molecular weight is 679 g/mol. The largest absolute Gasteiger partial charge is 0.461 e. The smallest absolute Gasteiger partial charge is 0.330 e. The van der Waals surface area contributed by atoms with Gasteiger partial charge in [-0.2, -0.15) is 0 Å². The van der Waals surface area contributed by atoms with E-state index in [2.05, 4.69) is 30.9 Å². The second-order valence-corrected chi connectivity index (χ2v) is 13.7. The summed E-state index contributed by atoms with van der Waals surface area (Å²) < 4.78 is 10.5. The summed E-state index contributed by atoms with van der Waals surface area (Å²) in [4.78, 5) is 40.9. The van der Waals surface area contributed by atoms with Gasteiger partial charge in [0.25, 0.3) is 5.24 Å². The summed E-state index contributed by atoms with van der Waals surface area (Å²) in [5, 5.41) is 0.169. The number of hydrogen-bond donors (Lipinski definition) is 0. The predicted molar refractivity (Wildman–Crippen MR) is 201 cm³/mol. The van der Waals surface area contributed by atoms with Gasteiger partial charge in [-0.25, -0.2) is 4.79 Å². The Labute approximate surface area is 293 Å². The van der Waals surface area contributed by atoms with Crippen molar-refractivity contribution in [2.24, 2.45) is 0 Å². The molecule has 0 aliphatic heterocycles. The molecule has 0 saturated carbocycles. The van der Waals surface area contributed by atoms with Crippen LogP contribution in [0.1, 0.15) is 142 Å². The van der Waals surface area contributed by atoms with Crippen molar-refractivity contribution in [3.63, 3.8) is 0 Å². The van der Waals surface area contributed by atoms with E-state index in [0.717, 1.165) is 96.0 Å². The molecule has 0 atom stereocenters. The number of nitrogens with zero attached hydrogens (tertiary/aromatic N) is 2. The van der Waals surface area contributed by atoms with Gasteiger partial charge in [0.05, 0.1) is 0 Å². The molecule has 0 unspecified atom stereocenters. The van der Waals surface area contributed by atoms with Crippen LogP contribution in [0.15, 0.2) is 36.5 Å². The molecule has 0 heterocycles. The quantitative estimate of drug-likeness (QED) is 0.0303. The third-order valence-electron chi connectivity index (χ3n) is 7.83. The molecule has 0 saturated heterocycles. The number of unbranched alkanes of at least 4 members (excludes halogenated alkanes) is 15. The van der Waals surface area contributed by atoms with Crippen molar-refractivity contribution in [2.45, 2.75) is 142 Å². The Bertz CT molecular complexity index is 843. The van der Waals surface area contributed by atoms with E-state index in [9.17, 15) is 14.4 Å². The van der Waals surface area contributed by atoms with Crippen molar-refractivity contribution in [3.8, 4) is 0 Å². The molecule has 0 rings (SSSR count). The fourth-order valence-electron chi connectivity index (χ4n) is 4.87. The van der Waals surface area contributed by atoms with E-state index in [1.54, 1.807) is 0 Å². The maximum Gasteiger partial charge on any atom is 0.330 e. The van der Waals surface area contributed by atoms with Crippen LogP contribution in [0.2, 0.25) is 0 Å². The number of amides is 1. The first-order chi connectivity index (χ1) is 22.9.